The fourth-order valence-corrected chi connectivity index (χ4v) is 7.90. The third kappa shape index (κ3) is 2.77. The first-order valence-corrected chi connectivity index (χ1v) is 11.8. The minimum Gasteiger partial charge on any atom is -0.490 e. The summed E-state index contributed by atoms with van der Waals surface area (Å²) in [6.45, 7) is 5.85. The molecule has 0 unspecified atom stereocenters. The van der Waals surface area contributed by atoms with Crippen molar-refractivity contribution in [2.45, 2.75) is 76.6 Å². The lowest BCUT2D eigenvalue weighted by Crippen LogP contribution is -2.63. The van der Waals surface area contributed by atoms with Crippen molar-refractivity contribution < 1.29 is 28.8 Å². The second-order valence-corrected chi connectivity index (χ2v) is 10.7. The predicted octanol–water partition coefficient (Wildman–Crippen LogP) is 3.88. The first-order chi connectivity index (χ1) is 14.7. The molecule has 0 aromatic rings. The minimum absolute atomic E-state index is 0.147. The van der Waals surface area contributed by atoms with Gasteiger partial charge >= 0.3 is 5.97 Å². The third-order valence-corrected chi connectivity index (χ3v) is 9.75. The SMILES string of the molecule is COC(=O)/C(OC)=C1/CC[C@H]2[C@@H]3CC=C4CC5(CC[C@]4(C)[C@@]3(O)CC[C@]12C)OCCO5. The molecule has 4 aliphatic carbocycles. The van der Waals surface area contributed by atoms with Gasteiger partial charge in [0.1, 0.15) is 0 Å². The second-order valence-electron chi connectivity index (χ2n) is 10.7. The maximum atomic E-state index is 12.4. The van der Waals surface area contributed by atoms with Gasteiger partial charge in [-0.2, -0.15) is 0 Å². The average molecular weight is 433 g/mol. The van der Waals surface area contributed by atoms with Crippen LogP contribution in [0.2, 0.25) is 0 Å². The van der Waals surface area contributed by atoms with Gasteiger partial charge in [0.05, 0.1) is 33.0 Å². The van der Waals surface area contributed by atoms with Crippen molar-refractivity contribution in [3.63, 3.8) is 0 Å². The third-order valence-electron chi connectivity index (χ3n) is 9.75. The Kier molecular flexibility index (Phi) is 4.89. The summed E-state index contributed by atoms with van der Waals surface area (Å²) in [5.74, 6) is -0.0127. The van der Waals surface area contributed by atoms with Crippen LogP contribution >= 0.6 is 0 Å². The summed E-state index contributed by atoms with van der Waals surface area (Å²) >= 11 is 0. The van der Waals surface area contributed by atoms with Gasteiger partial charge in [0.25, 0.3) is 0 Å². The van der Waals surface area contributed by atoms with Crippen LogP contribution in [0, 0.1) is 22.7 Å². The molecule has 0 bridgehead atoms. The number of carbonyl (C=O) groups is 1. The van der Waals surface area contributed by atoms with E-state index in [0.717, 1.165) is 56.9 Å². The number of esters is 1. The molecule has 1 spiro atoms. The lowest BCUT2D eigenvalue weighted by molar-refractivity contribution is -0.218. The fraction of sp³-hybridized carbons (Fsp3) is 0.800. The van der Waals surface area contributed by atoms with Crippen LogP contribution in [0.3, 0.4) is 0 Å². The number of aliphatic hydroxyl groups is 1. The molecule has 1 saturated heterocycles. The number of allylic oxidation sites excluding steroid dienone is 2. The molecule has 5 atom stereocenters. The molecular weight excluding hydrogens is 396 g/mol. The topological polar surface area (TPSA) is 74.2 Å². The predicted molar refractivity (Wildman–Crippen MR) is 114 cm³/mol. The normalized spacial score (nSPS) is 44.7. The van der Waals surface area contributed by atoms with Crippen molar-refractivity contribution in [2.75, 3.05) is 27.4 Å². The van der Waals surface area contributed by atoms with Crippen LogP contribution in [-0.4, -0.2) is 49.9 Å². The van der Waals surface area contributed by atoms with Crippen LogP contribution in [0.1, 0.15) is 65.2 Å². The molecule has 1 heterocycles. The van der Waals surface area contributed by atoms with Crippen LogP contribution in [0.15, 0.2) is 23.0 Å². The molecule has 3 saturated carbocycles. The van der Waals surface area contributed by atoms with E-state index in [4.69, 9.17) is 18.9 Å². The van der Waals surface area contributed by atoms with Gasteiger partial charge in [0.15, 0.2) is 5.79 Å². The molecule has 5 aliphatic rings. The van der Waals surface area contributed by atoms with Gasteiger partial charge in [-0.25, -0.2) is 4.79 Å². The highest BCUT2D eigenvalue weighted by atomic mass is 16.7. The summed E-state index contributed by atoms with van der Waals surface area (Å²) < 4.78 is 22.5. The fourth-order valence-electron chi connectivity index (χ4n) is 7.90. The number of rotatable bonds is 2. The quantitative estimate of drug-likeness (QED) is 0.309. The number of ether oxygens (including phenoxy) is 4. The van der Waals surface area contributed by atoms with E-state index in [1.165, 1.54) is 12.7 Å². The number of fused-ring (bicyclic) bond motifs is 5. The van der Waals surface area contributed by atoms with Crippen LogP contribution in [0.4, 0.5) is 0 Å². The smallest absolute Gasteiger partial charge is 0.373 e. The zero-order valence-corrected chi connectivity index (χ0v) is 19.3. The Labute approximate surface area is 184 Å². The van der Waals surface area contributed by atoms with Crippen LogP contribution in [0.25, 0.3) is 0 Å². The molecule has 1 N–H and O–H groups in total. The summed E-state index contributed by atoms with van der Waals surface area (Å²) in [6.07, 6.45) is 9.09. The highest BCUT2D eigenvalue weighted by Crippen LogP contribution is 2.68. The Bertz CT molecular complexity index is 839. The van der Waals surface area contributed by atoms with Gasteiger partial charge in [-0.05, 0) is 61.3 Å². The Morgan fingerprint density at radius 1 is 1.06 bits per heavy atom. The first-order valence-electron chi connectivity index (χ1n) is 11.8. The summed E-state index contributed by atoms with van der Waals surface area (Å²) in [5.41, 5.74) is 1.24. The molecule has 1 aliphatic heterocycles. The molecule has 6 nitrogen and oxygen atoms in total. The van der Waals surface area contributed by atoms with E-state index in [-0.39, 0.29) is 16.7 Å². The molecule has 0 aromatic carbocycles. The molecule has 5 rings (SSSR count). The van der Waals surface area contributed by atoms with E-state index < -0.39 is 17.4 Å². The van der Waals surface area contributed by atoms with Crippen molar-refractivity contribution in [3.05, 3.63) is 23.0 Å². The van der Waals surface area contributed by atoms with Crippen molar-refractivity contribution in [2.24, 2.45) is 22.7 Å². The molecule has 0 aromatic heterocycles. The summed E-state index contributed by atoms with van der Waals surface area (Å²) in [6, 6.07) is 0. The van der Waals surface area contributed by atoms with E-state index in [9.17, 15) is 9.90 Å². The van der Waals surface area contributed by atoms with E-state index in [1.807, 2.05) is 0 Å². The highest BCUT2D eigenvalue weighted by molar-refractivity contribution is 5.87. The lowest BCUT2D eigenvalue weighted by atomic mass is 9.45. The second kappa shape index (κ2) is 7.06. The van der Waals surface area contributed by atoms with Gasteiger partial charge in [0.2, 0.25) is 5.76 Å². The lowest BCUT2D eigenvalue weighted by Gasteiger charge is -2.62. The molecule has 0 amide bonds. The van der Waals surface area contributed by atoms with E-state index in [2.05, 4.69) is 19.9 Å². The van der Waals surface area contributed by atoms with Crippen molar-refractivity contribution in [3.8, 4) is 0 Å². The average Bonchev–Trinajstić information content (AvgIpc) is 3.35. The zero-order valence-electron chi connectivity index (χ0n) is 19.3. The zero-order chi connectivity index (χ0) is 22.1. The summed E-state index contributed by atoms with van der Waals surface area (Å²) in [4.78, 5) is 12.4. The Hall–Kier alpha value is -1.37. The van der Waals surface area contributed by atoms with Gasteiger partial charge < -0.3 is 24.1 Å². The molecule has 0 radical (unpaired) electrons. The van der Waals surface area contributed by atoms with Crippen LogP contribution in [-0.2, 0) is 23.7 Å². The number of hydrogen-bond acceptors (Lipinski definition) is 6. The van der Waals surface area contributed by atoms with Crippen molar-refractivity contribution in [1.82, 2.24) is 0 Å². The molecule has 6 heteroatoms. The van der Waals surface area contributed by atoms with Gasteiger partial charge in [-0.3, -0.25) is 0 Å². The number of methoxy groups -OCH3 is 2. The molecular formula is C25H36O6. The van der Waals surface area contributed by atoms with Crippen LogP contribution in [0.5, 0.6) is 0 Å². The van der Waals surface area contributed by atoms with Gasteiger partial charge in [-0.1, -0.05) is 25.5 Å². The van der Waals surface area contributed by atoms with Gasteiger partial charge in [0, 0.05) is 18.3 Å². The number of hydrogen-bond donors (Lipinski definition) is 1. The van der Waals surface area contributed by atoms with Crippen molar-refractivity contribution >= 4 is 5.97 Å². The summed E-state index contributed by atoms with van der Waals surface area (Å²) in [5, 5.41) is 12.3. The maximum absolute atomic E-state index is 12.4. The Morgan fingerprint density at radius 2 is 1.81 bits per heavy atom. The largest absolute Gasteiger partial charge is 0.490 e. The monoisotopic (exact) mass is 432 g/mol. The Balaban J connectivity index is 1.50. The highest BCUT2D eigenvalue weighted by Gasteiger charge is 2.66. The first kappa shape index (κ1) is 21.5. The summed E-state index contributed by atoms with van der Waals surface area (Å²) in [7, 11) is 2.95. The molecule has 172 valence electrons. The van der Waals surface area contributed by atoms with E-state index in [1.54, 1.807) is 7.11 Å². The molecule has 4 fully saturated rings. The van der Waals surface area contributed by atoms with E-state index in [0.29, 0.717) is 24.9 Å². The van der Waals surface area contributed by atoms with E-state index >= 15 is 0 Å². The Morgan fingerprint density at radius 3 is 2.48 bits per heavy atom. The minimum atomic E-state index is -0.741. The van der Waals surface area contributed by atoms with Crippen LogP contribution < -0.4 is 0 Å². The molecule has 31 heavy (non-hydrogen) atoms. The number of carbonyl (C=O) groups excluding carboxylic acids is 1. The maximum Gasteiger partial charge on any atom is 0.373 e. The van der Waals surface area contributed by atoms with Crippen molar-refractivity contribution in [1.29, 1.82) is 0 Å². The standard InChI is InChI=1S/C25H36O6/c1-22-9-12-25(27)18(17(22)7-8-19(22)20(28-3)21(26)29-4)6-5-16-15-24(30-13-14-31-24)11-10-23(16,25)2/h5,17-18,27H,6-15H2,1-4H3/b20-19+/t17-,18-,22-,23-,25+/m0/s1. The van der Waals surface area contributed by atoms with Gasteiger partial charge in [-0.15, -0.1) is 0 Å².